The second-order valence-corrected chi connectivity index (χ2v) is 8.99. The highest BCUT2D eigenvalue weighted by Gasteiger charge is 2.49. The van der Waals surface area contributed by atoms with E-state index in [9.17, 15) is 22.8 Å². The molecule has 1 fully saturated rings. The summed E-state index contributed by atoms with van der Waals surface area (Å²) in [6.07, 6.45) is -4.31. The van der Waals surface area contributed by atoms with Gasteiger partial charge in [0.25, 0.3) is 5.91 Å². The molecular formula is C25H20F3N3O4S. The van der Waals surface area contributed by atoms with E-state index in [1.807, 2.05) is 0 Å². The number of anilines is 1. The normalized spacial score (nSPS) is 15.4. The predicted octanol–water partition coefficient (Wildman–Crippen LogP) is 4.86. The lowest BCUT2D eigenvalue weighted by molar-refractivity contribution is -0.137. The second-order valence-electron chi connectivity index (χ2n) is 8.63. The van der Waals surface area contributed by atoms with E-state index in [0.29, 0.717) is 24.3 Å². The third-order valence-electron chi connectivity index (χ3n) is 5.90. The van der Waals surface area contributed by atoms with Gasteiger partial charge in [-0.3, -0.25) is 9.69 Å². The Balaban J connectivity index is 1.47. The summed E-state index contributed by atoms with van der Waals surface area (Å²) >= 11 is 5.48. The number of benzene rings is 2. The van der Waals surface area contributed by atoms with Gasteiger partial charge >= 0.3 is 11.8 Å². The molecule has 0 aliphatic carbocycles. The summed E-state index contributed by atoms with van der Waals surface area (Å²) in [6, 6.07) is 12.7. The zero-order valence-electron chi connectivity index (χ0n) is 19.3. The van der Waals surface area contributed by atoms with E-state index in [2.05, 4.69) is 0 Å². The molecule has 7 nitrogen and oxygen atoms in total. The molecule has 1 aliphatic heterocycles. The molecule has 1 amide bonds. The molecule has 36 heavy (non-hydrogen) atoms. The van der Waals surface area contributed by atoms with Crippen molar-refractivity contribution in [3.63, 3.8) is 0 Å². The minimum atomic E-state index is -4.76. The summed E-state index contributed by atoms with van der Waals surface area (Å²) in [5.74, 6) is 0.0193. The molecule has 11 heteroatoms. The van der Waals surface area contributed by atoms with Crippen LogP contribution in [0.15, 0.2) is 57.7 Å². The summed E-state index contributed by atoms with van der Waals surface area (Å²) in [5, 5.41) is 9.85. The number of amides is 1. The van der Waals surface area contributed by atoms with E-state index in [4.69, 9.17) is 26.6 Å². The molecule has 186 valence electrons. The van der Waals surface area contributed by atoms with E-state index < -0.39 is 34.4 Å². The number of ether oxygens (including phenoxy) is 1. The monoisotopic (exact) mass is 515 g/mol. The van der Waals surface area contributed by atoms with Gasteiger partial charge in [0.1, 0.15) is 16.9 Å². The number of carbonyl (C=O) groups excluding carboxylic acids is 1. The largest absolute Gasteiger partial charge is 0.493 e. The molecule has 0 atom stereocenters. The zero-order chi connectivity index (χ0) is 26.3. The average Bonchev–Trinajstić information content (AvgIpc) is 2.99. The van der Waals surface area contributed by atoms with Crippen molar-refractivity contribution in [2.45, 2.75) is 32.0 Å². The third-order valence-corrected chi connectivity index (χ3v) is 6.30. The number of nitrogens with zero attached hydrogens (tertiary/aromatic N) is 3. The number of hydrogen-bond donors (Lipinski definition) is 0. The zero-order valence-corrected chi connectivity index (χ0v) is 20.1. The first-order valence-electron chi connectivity index (χ1n) is 10.9. The van der Waals surface area contributed by atoms with Crippen LogP contribution in [0.3, 0.4) is 0 Å². The van der Waals surface area contributed by atoms with Gasteiger partial charge in [-0.2, -0.15) is 18.4 Å². The molecule has 1 aromatic heterocycles. The Bertz CT molecular complexity index is 1460. The van der Waals surface area contributed by atoms with Gasteiger partial charge in [-0.05, 0) is 68.9 Å². The van der Waals surface area contributed by atoms with Gasteiger partial charge in [-0.15, -0.1) is 0 Å². The summed E-state index contributed by atoms with van der Waals surface area (Å²) in [4.78, 5) is 27.3. The van der Waals surface area contributed by atoms with Gasteiger partial charge in [0.15, 0.2) is 5.11 Å². The van der Waals surface area contributed by atoms with Crippen molar-refractivity contribution in [2.75, 3.05) is 18.1 Å². The molecule has 2 aromatic carbocycles. The van der Waals surface area contributed by atoms with Crippen molar-refractivity contribution in [1.29, 1.82) is 5.26 Å². The quantitative estimate of drug-likeness (QED) is 0.263. The number of hydrogen-bond acceptors (Lipinski definition) is 6. The Hall–Kier alpha value is -3.91. The third kappa shape index (κ3) is 4.64. The number of nitriles is 1. The number of rotatable bonds is 6. The van der Waals surface area contributed by atoms with Crippen LogP contribution in [-0.2, 0) is 11.0 Å². The lowest BCUT2D eigenvalue weighted by Crippen LogP contribution is -2.44. The maximum Gasteiger partial charge on any atom is 0.417 e. The van der Waals surface area contributed by atoms with Crippen molar-refractivity contribution in [3.05, 3.63) is 70.1 Å². The Labute approximate surface area is 209 Å². The van der Waals surface area contributed by atoms with E-state index in [1.165, 1.54) is 18.2 Å². The number of halogens is 3. The fraction of sp³-hybridized carbons (Fsp3) is 0.280. The van der Waals surface area contributed by atoms with Gasteiger partial charge in [0, 0.05) is 24.1 Å². The van der Waals surface area contributed by atoms with Crippen molar-refractivity contribution < 1.29 is 27.1 Å². The molecule has 0 saturated carbocycles. The maximum absolute atomic E-state index is 13.4. The molecule has 0 radical (unpaired) electrons. The van der Waals surface area contributed by atoms with Crippen LogP contribution in [-0.4, -0.2) is 34.6 Å². The Morgan fingerprint density at radius 3 is 2.53 bits per heavy atom. The van der Waals surface area contributed by atoms with Crippen molar-refractivity contribution in [2.24, 2.45) is 0 Å². The number of thiocarbonyl (C=S) groups is 1. The highest BCUT2D eigenvalue weighted by Crippen LogP contribution is 2.37. The topological polar surface area (TPSA) is 86.8 Å². The van der Waals surface area contributed by atoms with Crippen LogP contribution in [0.2, 0.25) is 0 Å². The number of fused-ring (bicyclic) bond motifs is 1. The summed E-state index contributed by atoms with van der Waals surface area (Å²) < 4.78 is 51.2. The number of alkyl halides is 3. The fourth-order valence-corrected chi connectivity index (χ4v) is 4.49. The highest BCUT2D eigenvalue weighted by molar-refractivity contribution is 7.80. The smallest absolute Gasteiger partial charge is 0.417 e. The van der Waals surface area contributed by atoms with Crippen LogP contribution < -0.4 is 15.3 Å². The van der Waals surface area contributed by atoms with Gasteiger partial charge in [0.05, 0.1) is 29.5 Å². The van der Waals surface area contributed by atoms with Crippen LogP contribution in [0.4, 0.5) is 18.9 Å². The molecular weight excluding hydrogens is 495 g/mol. The molecule has 0 bridgehead atoms. The van der Waals surface area contributed by atoms with E-state index >= 15 is 0 Å². The Kier molecular flexibility index (Phi) is 6.49. The molecule has 0 spiro atoms. The van der Waals surface area contributed by atoms with Crippen LogP contribution in [0.5, 0.6) is 5.75 Å². The Morgan fingerprint density at radius 2 is 1.83 bits per heavy atom. The van der Waals surface area contributed by atoms with Gasteiger partial charge in [-0.25, -0.2) is 4.79 Å². The van der Waals surface area contributed by atoms with E-state index in [-0.39, 0.29) is 17.4 Å². The maximum atomic E-state index is 13.4. The predicted molar refractivity (Wildman–Crippen MR) is 130 cm³/mol. The van der Waals surface area contributed by atoms with E-state index in [0.717, 1.165) is 22.4 Å². The van der Waals surface area contributed by atoms with Crippen molar-refractivity contribution in [1.82, 2.24) is 4.90 Å². The van der Waals surface area contributed by atoms with Gasteiger partial charge < -0.3 is 14.1 Å². The first-order chi connectivity index (χ1) is 16.9. The molecule has 0 N–H and O–H groups in total. The SMILES string of the molecule is CC1(C)C(=O)N(c2ccc(C#N)c(C(F)(F)F)c2)C(=S)N1CCCOc1ccc2ccc(=O)oc2c1. The van der Waals surface area contributed by atoms with Crippen LogP contribution in [0, 0.1) is 11.3 Å². The fourth-order valence-electron chi connectivity index (χ4n) is 3.99. The van der Waals surface area contributed by atoms with Gasteiger partial charge in [0.2, 0.25) is 0 Å². The summed E-state index contributed by atoms with van der Waals surface area (Å²) in [7, 11) is 0. The minimum absolute atomic E-state index is 0.0548. The first kappa shape index (κ1) is 25.2. The van der Waals surface area contributed by atoms with Crippen molar-refractivity contribution in [3.8, 4) is 11.8 Å². The molecule has 1 aliphatic rings. The molecule has 4 rings (SSSR count). The molecule has 2 heterocycles. The van der Waals surface area contributed by atoms with Crippen molar-refractivity contribution >= 4 is 39.9 Å². The van der Waals surface area contributed by atoms with Gasteiger partial charge in [-0.1, -0.05) is 0 Å². The molecule has 3 aromatic rings. The summed E-state index contributed by atoms with van der Waals surface area (Å²) in [5.41, 5.74) is -2.90. The lowest BCUT2D eigenvalue weighted by Gasteiger charge is -2.29. The highest BCUT2D eigenvalue weighted by atomic mass is 32.1. The lowest BCUT2D eigenvalue weighted by atomic mass is 10.0. The molecule has 0 unspecified atom stereocenters. The van der Waals surface area contributed by atoms with E-state index in [1.54, 1.807) is 43.0 Å². The molecule has 1 saturated heterocycles. The average molecular weight is 516 g/mol. The van der Waals surface area contributed by atoms with Crippen LogP contribution in [0.25, 0.3) is 11.0 Å². The van der Waals surface area contributed by atoms with Crippen LogP contribution in [0.1, 0.15) is 31.4 Å². The second kappa shape index (κ2) is 9.28. The number of carbonyl (C=O) groups is 1. The summed E-state index contributed by atoms with van der Waals surface area (Å²) in [6.45, 7) is 3.84. The minimum Gasteiger partial charge on any atom is -0.493 e. The first-order valence-corrected chi connectivity index (χ1v) is 11.3. The standard InChI is InChI=1S/C25H20F3N3O4S/c1-24(2)22(33)31(17-7-4-16(14-29)19(12-17)25(26,27)28)23(36)30(24)10-3-11-34-18-8-5-15-6-9-21(32)35-20(15)13-18/h4-9,12-13H,3,10-11H2,1-2H3. The van der Waals surface area contributed by atoms with Crippen LogP contribution >= 0.6 is 12.2 Å². The Morgan fingerprint density at radius 1 is 1.11 bits per heavy atom.